The predicted molar refractivity (Wildman–Crippen MR) is 85.7 cm³/mol. The van der Waals surface area contributed by atoms with Gasteiger partial charge in [-0.1, -0.05) is 0 Å². The number of benzene rings is 1. The fourth-order valence-corrected chi connectivity index (χ4v) is 4.29. The lowest BCUT2D eigenvalue weighted by molar-refractivity contribution is -0.0555. The second kappa shape index (κ2) is 5.41. The van der Waals surface area contributed by atoms with Crippen molar-refractivity contribution in [3.05, 3.63) is 53.9 Å². The zero-order valence-electron chi connectivity index (χ0n) is 13.5. The van der Waals surface area contributed by atoms with Crippen molar-refractivity contribution in [1.29, 1.82) is 0 Å². The first-order chi connectivity index (χ1) is 11.5. The Balaban J connectivity index is 1.60. The number of fused-ring (bicyclic) bond motifs is 2. The smallest absolute Gasteiger partial charge is 0.254 e. The molecule has 4 rings (SSSR count). The third-order valence-corrected chi connectivity index (χ3v) is 5.33. The van der Waals surface area contributed by atoms with Gasteiger partial charge in [-0.3, -0.25) is 4.79 Å². The van der Waals surface area contributed by atoms with Gasteiger partial charge in [-0.25, -0.2) is 9.37 Å². The SMILES string of the molecule is Cn1ccnc1C1(O)C[C@H]2CC[C@@H](C1)N2C(=O)c1ccc(F)cc1. The lowest BCUT2D eigenvalue weighted by atomic mass is 9.85. The number of amides is 1. The largest absolute Gasteiger partial charge is 0.382 e. The number of aromatic nitrogens is 2. The number of nitrogens with zero attached hydrogens (tertiary/aromatic N) is 3. The summed E-state index contributed by atoms with van der Waals surface area (Å²) in [4.78, 5) is 19.0. The molecule has 5 nitrogen and oxygen atoms in total. The summed E-state index contributed by atoms with van der Waals surface area (Å²) in [5.74, 6) is 0.231. The zero-order valence-corrected chi connectivity index (χ0v) is 13.5. The minimum Gasteiger partial charge on any atom is -0.382 e. The van der Waals surface area contributed by atoms with Crippen LogP contribution in [-0.2, 0) is 12.6 Å². The number of aliphatic hydroxyl groups is 1. The molecule has 0 spiro atoms. The fourth-order valence-electron chi connectivity index (χ4n) is 4.29. The normalized spacial score (nSPS) is 29.0. The first kappa shape index (κ1) is 15.3. The zero-order chi connectivity index (χ0) is 16.9. The van der Waals surface area contributed by atoms with E-state index in [-0.39, 0.29) is 23.8 Å². The second-order valence-electron chi connectivity index (χ2n) is 6.91. The van der Waals surface area contributed by atoms with Gasteiger partial charge in [-0.15, -0.1) is 0 Å². The molecule has 1 N–H and O–H groups in total. The second-order valence-corrected chi connectivity index (χ2v) is 6.91. The van der Waals surface area contributed by atoms with Crippen LogP contribution in [0.3, 0.4) is 0 Å². The van der Waals surface area contributed by atoms with Crippen LogP contribution in [0.2, 0.25) is 0 Å². The molecule has 0 saturated carbocycles. The first-order valence-corrected chi connectivity index (χ1v) is 8.26. The van der Waals surface area contributed by atoms with Crippen LogP contribution >= 0.6 is 0 Å². The molecule has 3 heterocycles. The number of carbonyl (C=O) groups is 1. The van der Waals surface area contributed by atoms with E-state index >= 15 is 0 Å². The molecular weight excluding hydrogens is 309 g/mol. The molecule has 24 heavy (non-hydrogen) atoms. The molecule has 2 fully saturated rings. The van der Waals surface area contributed by atoms with E-state index in [0.717, 1.165) is 12.8 Å². The molecule has 1 aromatic carbocycles. The van der Waals surface area contributed by atoms with Crippen LogP contribution in [-0.4, -0.2) is 37.5 Å². The molecule has 2 aromatic rings. The van der Waals surface area contributed by atoms with Crippen molar-refractivity contribution in [3.8, 4) is 0 Å². The van der Waals surface area contributed by atoms with Crippen LogP contribution < -0.4 is 0 Å². The van der Waals surface area contributed by atoms with Crippen LogP contribution in [0.5, 0.6) is 0 Å². The van der Waals surface area contributed by atoms with Crippen LogP contribution in [0.4, 0.5) is 4.39 Å². The van der Waals surface area contributed by atoms with Gasteiger partial charge in [0.15, 0.2) is 0 Å². The van der Waals surface area contributed by atoms with Crippen LogP contribution in [0, 0.1) is 5.82 Å². The molecule has 3 atom stereocenters. The maximum atomic E-state index is 13.1. The molecule has 2 bridgehead atoms. The summed E-state index contributed by atoms with van der Waals surface area (Å²) < 4.78 is 14.9. The predicted octanol–water partition coefficient (Wildman–Crippen LogP) is 2.21. The summed E-state index contributed by atoms with van der Waals surface area (Å²) in [7, 11) is 1.87. The van der Waals surface area contributed by atoms with Crippen molar-refractivity contribution in [1.82, 2.24) is 14.5 Å². The van der Waals surface area contributed by atoms with Crippen molar-refractivity contribution < 1.29 is 14.3 Å². The average Bonchev–Trinajstić information content (AvgIpc) is 3.10. The van der Waals surface area contributed by atoms with E-state index < -0.39 is 5.60 Å². The van der Waals surface area contributed by atoms with Crippen molar-refractivity contribution >= 4 is 5.91 Å². The van der Waals surface area contributed by atoms with E-state index in [9.17, 15) is 14.3 Å². The lowest BCUT2D eigenvalue weighted by Gasteiger charge is -2.43. The number of piperidine rings is 1. The van der Waals surface area contributed by atoms with Gasteiger partial charge in [0.25, 0.3) is 5.91 Å². The fraction of sp³-hybridized carbons (Fsp3) is 0.444. The van der Waals surface area contributed by atoms with Gasteiger partial charge in [0.1, 0.15) is 17.2 Å². The standard InChI is InChI=1S/C18H20FN3O2/c1-21-9-8-20-17(21)18(24)10-14-6-7-15(11-18)22(14)16(23)12-2-4-13(19)5-3-12/h2-5,8-9,14-15,24H,6-7,10-11H2,1H3/t14-,15+,18?. The number of imidazole rings is 1. The minimum absolute atomic E-state index is 0.0111. The number of rotatable bonds is 2. The number of hydrogen-bond acceptors (Lipinski definition) is 3. The molecule has 2 aliphatic heterocycles. The highest BCUT2D eigenvalue weighted by Gasteiger charge is 2.51. The summed E-state index contributed by atoms with van der Waals surface area (Å²) in [6.45, 7) is 0. The van der Waals surface area contributed by atoms with E-state index in [0.29, 0.717) is 24.2 Å². The highest BCUT2D eigenvalue weighted by atomic mass is 19.1. The van der Waals surface area contributed by atoms with Crippen LogP contribution in [0.15, 0.2) is 36.7 Å². The lowest BCUT2D eigenvalue weighted by Crippen LogP contribution is -2.52. The Hall–Kier alpha value is -2.21. The van der Waals surface area contributed by atoms with Gasteiger partial charge in [-0.05, 0) is 37.1 Å². The van der Waals surface area contributed by atoms with Crippen molar-refractivity contribution in [2.75, 3.05) is 0 Å². The summed E-state index contributed by atoms with van der Waals surface area (Å²) in [6.07, 6.45) is 6.24. The molecule has 6 heteroatoms. The summed E-state index contributed by atoms with van der Waals surface area (Å²) in [5.41, 5.74) is -0.500. The van der Waals surface area contributed by atoms with Crippen molar-refractivity contribution in [3.63, 3.8) is 0 Å². The first-order valence-electron chi connectivity index (χ1n) is 8.26. The Morgan fingerprint density at radius 3 is 2.42 bits per heavy atom. The van der Waals surface area contributed by atoms with E-state index in [1.54, 1.807) is 6.20 Å². The molecule has 0 radical (unpaired) electrons. The third-order valence-electron chi connectivity index (χ3n) is 5.33. The molecule has 1 aromatic heterocycles. The topological polar surface area (TPSA) is 58.4 Å². The Labute approximate surface area is 139 Å². The maximum absolute atomic E-state index is 13.1. The van der Waals surface area contributed by atoms with E-state index in [2.05, 4.69) is 4.98 Å². The van der Waals surface area contributed by atoms with Crippen molar-refractivity contribution in [2.45, 2.75) is 43.4 Å². The van der Waals surface area contributed by atoms with E-state index in [4.69, 9.17) is 0 Å². The van der Waals surface area contributed by atoms with Gasteiger partial charge in [0.05, 0.1) is 0 Å². The highest BCUT2D eigenvalue weighted by Crippen LogP contribution is 2.45. The van der Waals surface area contributed by atoms with Gasteiger partial charge in [-0.2, -0.15) is 0 Å². The third kappa shape index (κ3) is 2.33. The number of halogens is 1. The van der Waals surface area contributed by atoms with E-state index in [1.165, 1.54) is 24.3 Å². The molecule has 2 saturated heterocycles. The molecule has 126 valence electrons. The average molecular weight is 329 g/mol. The van der Waals surface area contributed by atoms with Gasteiger partial charge < -0.3 is 14.6 Å². The Kier molecular flexibility index (Phi) is 3.46. The maximum Gasteiger partial charge on any atom is 0.254 e. The molecule has 0 aliphatic carbocycles. The quantitative estimate of drug-likeness (QED) is 0.919. The summed E-state index contributed by atoms with van der Waals surface area (Å²) >= 11 is 0. The summed E-state index contributed by atoms with van der Waals surface area (Å²) in [5, 5.41) is 11.1. The van der Waals surface area contributed by atoms with Gasteiger partial charge in [0.2, 0.25) is 0 Å². The summed E-state index contributed by atoms with van der Waals surface area (Å²) in [6, 6.07) is 5.64. The molecular formula is C18H20FN3O2. The van der Waals surface area contributed by atoms with Gasteiger partial charge >= 0.3 is 0 Å². The van der Waals surface area contributed by atoms with Crippen LogP contribution in [0.1, 0.15) is 41.9 Å². The molecule has 2 aliphatic rings. The number of hydrogen-bond donors (Lipinski definition) is 1. The van der Waals surface area contributed by atoms with Crippen LogP contribution in [0.25, 0.3) is 0 Å². The number of carbonyl (C=O) groups excluding carboxylic acids is 1. The minimum atomic E-state index is -0.996. The monoisotopic (exact) mass is 329 g/mol. The van der Waals surface area contributed by atoms with Crippen molar-refractivity contribution in [2.24, 2.45) is 7.05 Å². The number of aryl methyl sites for hydroxylation is 1. The Morgan fingerprint density at radius 1 is 1.25 bits per heavy atom. The van der Waals surface area contributed by atoms with E-state index in [1.807, 2.05) is 22.7 Å². The Bertz CT molecular complexity index is 757. The highest BCUT2D eigenvalue weighted by molar-refractivity contribution is 5.95. The molecule has 1 unspecified atom stereocenters. The molecule has 1 amide bonds. The van der Waals surface area contributed by atoms with Gasteiger partial charge in [0, 0.05) is 49.9 Å². The Morgan fingerprint density at radius 2 is 1.88 bits per heavy atom.